The minimum absolute atomic E-state index is 0. The predicted molar refractivity (Wildman–Crippen MR) is 65.0 cm³/mol. The highest BCUT2D eigenvalue weighted by Gasteiger charge is 2.20. The molecule has 13 heavy (non-hydrogen) atoms. The van der Waals surface area contributed by atoms with Crippen molar-refractivity contribution in [2.75, 3.05) is 11.9 Å². The molecule has 0 rings (SSSR count). The lowest BCUT2D eigenvalue weighted by atomic mass is 10.1. The van der Waals surface area contributed by atoms with Crippen LogP contribution in [-0.4, -0.2) is 23.8 Å². The Bertz CT molecular complexity index is 118. The average molecular weight is 320 g/mol. The number of rotatable bonds is 6. The second-order valence-electron chi connectivity index (χ2n) is 3.34. The molecule has 0 aromatic rings. The van der Waals surface area contributed by atoms with E-state index in [0.29, 0.717) is 6.61 Å². The minimum Gasteiger partial charge on any atom is -0.353 e. The smallest absolute Gasteiger partial charge is 0.155 e. The Morgan fingerprint density at radius 2 is 1.92 bits per heavy atom. The summed E-state index contributed by atoms with van der Waals surface area (Å²) in [6.07, 6.45) is 0.883. The van der Waals surface area contributed by atoms with E-state index in [9.17, 15) is 0 Å². The first-order valence-electron chi connectivity index (χ1n) is 4.37. The molecule has 0 radical (unpaired) electrons. The molecule has 1 unspecified atom stereocenters. The van der Waals surface area contributed by atoms with E-state index in [4.69, 9.17) is 9.47 Å². The van der Waals surface area contributed by atoms with Crippen molar-refractivity contribution in [1.29, 1.82) is 0 Å². The van der Waals surface area contributed by atoms with Crippen LogP contribution >= 0.6 is 32.9 Å². The summed E-state index contributed by atoms with van der Waals surface area (Å²) in [4.78, 5) is 0. The van der Waals surface area contributed by atoms with E-state index in [0.717, 1.165) is 11.8 Å². The topological polar surface area (TPSA) is 18.5 Å². The third-order valence-electron chi connectivity index (χ3n) is 1.58. The van der Waals surface area contributed by atoms with Crippen molar-refractivity contribution >= 4 is 32.9 Å². The number of alkyl halides is 1. The molecule has 0 aliphatic heterocycles. The van der Waals surface area contributed by atoms with Crippen molar-refractivity contribution in [3.63, 3.8) is 0 Å². The molecule has 0 aliphatic carbocycles. The predicted octanol–water partition coefficient (Wildman–Crippen LogP) is 3.53. The van der Waals surface area contributed by atoms with Crippen molar-refractivity contribution in [2.45, 2.75) is 46.0 Å². The van der Waals surface area contributed by atoms with Gasteiger partial charge in [-0.2, -0.15) is 0 Å². The van der Waals surface area contributed by atoms with Crippen molar-refractivity contribution in [3.8, 4) is 0 Å². The number of ether oxygens (including phenoxy) is 2. The Morgan fingerprint density at radius 3 is 2.31 bits per heavy atom. The summed E-state index contributed by atoms with van der Waals surface area (Å²) in [6.45, 7) is 8.75. The first kappa shape index (κ1) is 16.3. The maximum absolute atomic E-state index is 5.67. The van der Waals surface area contributed by atoms with Crippen molar-refractivity contribution in [3.05, 3.63) is 0 Å². The second kappa shape index (κ2) is 8.21. The van der Waals surface area contributed by atoms with Crippen LogP contribution in [0.4, 0.5) is 0 Å². The van der Waals surface area contributed by atoms with Gasteiger partial charge in [0.25, 0.3) is 0 Å². The summed E-state index contributed by atoms with van der Waals surface area (Å²) in [5, 5.41) is 0.957. The van der Waals surface area contributed by atoms with Gasteiger partial charge in [-0.1, -0.05) is 15.9 Å². The summed E-state index contributed by atoms with van der Waals surface area (Å²) in [5.74, 6) is 0. The van der Waals surface area contributed by atoms with Gasteiger partial charge in [0.05, 0.1) is 5.60 Å². The molecule has 0 N–H and O–H groups in total. The number of hydrogen-bond donors (Lipinski definition) is 0. The van der Waals surface area contributed by atoms with Crippen LogP contribution in [0.5, 0.6) is 0 Å². The van der Waals surface area contributed by atoms with Gasteiger partial charge in [-0.05, 0) is 34.1 Å². The summed E-state index contributed by atoms with van der Waals surface area (Å²) in [5.41, 5.74) is -0.0991. The molecule has 1 atom stereocenters. The fourth-order valence-electron chi connectivity index (χ4n) is 1.00. The van der Waals surface area contributed by atoms with Crippen molar-refractivity contribution in [2.24, 2.45) is 0 Å². The fraction of sp³-hybridized carbons (Fsp3) is 1.00. The lowest BCUT2D eigenvalue weighted by Crippen LogP contribution is -2.31. The first-order valence-corrected chi connectivity index (χ1v) is 5.49. The van der Waals surface area contributed by atoms with Crippen LogP contribution in [0.15, 0.2) is 0 Å². The molecule has 0 aliphatic rings. The SMILES string of the molecule is Br.CCOC(C)OC(C)(C)CCBr. The van der Waals surface area contributed by atoms with Crippen LogP contribution in [0.3, 0.4) is 0 Å². The van der Waals surface area contributed by atoms with E-state index in [-0.39, 0.29) is 28.9 Å². The zero-order valence-electron chi connectivity index (χ0n) is 8.80. The maximum atomic E-state index is 5.67. The largest absolute Gasteiger partial charge is 0.353 e. The van der Waals surface area contributed by atoms with Crippen LogP contribution in [-0.2, 0) is 9.47 Å². The average Bonchev–Trinajstić information content (AvgIpc) is 1.85. The van der Waals surface area contributed by atoms with E-state index < -0.39 is 0 Å². The lowest BCUT2D eigenvalue weighted by Gasteiger charge is -2.28. The molecule has 0 heterocycles. The lowest BCUT2D eigenvalue weighted by molar-refractivity contribution is -0.188. The van der Waals surface area contributed by atoms with Gasteiger partial charge in [0.1, 0.15) is 0 Å². The van der Waals surface area contributed by atoms with Gasteiger partial charge in [0.2, 0.25) is 0 Å². The van der Waals surface area contributed by atoms with Gasteiger partial charge in [-0.3, -0.25) is 0 Å². The molecule has 82 valence electrons. The Labute approximate surface area is 100 Å². The molecule has 0 spiro atoms. The summed E-state index contributed by atoms with van der Waals surface area (Å²) in [6, 6.07) is 0. The van der Waals surface area contributed by atoms with E-state index in [1.165, 1.54) is 0 Å². The maximum Gasteiger partial charge on any atom is 0.155 e. The van der Waals surface area contributed by atoms with Crippen LogP contribution < -0.4 is 0 Å². The third-order valence-corrected chi connectivity index (χ3v) is 1.98. The van der Waals surface area contributed by atoms with Crippen LogP contribution in [0.25, 0.3) is 0 Å². The Balaban J connectivity index is 0. The highest BCUT2D eigenvalue weighted by Crippen LogP contribution is 2.18. The monoisotopic (exact) mass is 318 g/mol. The summed E-state index contributed by atoms with van der Waals surface area (Å²) < 4.78 is 11.0. The standard InChI is InChI=1S/C9H19BrO2.BrH/c1-5-11-8(2)12-9(3,4)6-7-10;/h8H,5-7H2,1-4H3;1H. The van der Waals surface area contributed by atoms with Gasteiger partial charge in [0.15, 0.2) is 6.29 Å². The zero-order valence-corrected chi connectivity index (χ0v) is 12.1. The summed E-state index contributed by atoms with van der Waals surface area (Å²) in [7, 11) is 0. The van der Waals surface area contributed by atoms with Gasteiger partial charge in [0, 0.05) is 11.9 Å². The van der Waals surface area contributed by atoms with E-state index in [2.05, 4.69) is 29.8 Å². The van der Waals surface area contributed by atoms with Crippen LogP contribution in [0, 0.1) is 0 Å². The van der Waals surface area contributed by atoms with Gasteiger partial charge in [-0.15, -0.1) is 17.0 Å². The number of halogens is 2. The normalized spacial score (nSPS) is 13.6. The number of hydrogen-bond acceptors (Lipinski definition) is 2. The Morgan fingerprint density at radius 1 is 1.38 bits per heavy atom. The summed E-state index contributed by atoms with van der Waals surface area (Å²) >= 11 is 3.39. The van der Waals surface area contributed by atoms with E-state index in [1.807, 2.05) is 13.8 Å². The molecular weight excluding hydrogens is 300 g/mol. The minimum atomic E-state index is -0.107. The fourth-order valence-corrected chi connectivity index (χ4v) is 1.96. The molecule has 4 heteroatoms. The van der Waals surface area contributed by atoms with Crippen molar-refractivity contribution in [1.82, 2.24) is 0 Å². The molecule has 0 aromatic heterocycles. The highest BCUT2D eigenvalue weighted by molar-refractivity contribution is 9.09. The van der Waals surface area contributed by atoms with Crippen molar-refractivity contribution < 1.29 is 9.47 Å². The first-order chi connectivity index (χ1) is 5.52. The highest BCUT2D eigenvalue weighted by atomic mass is 79.9. The van der Waals surface area contributed by atoms with Gasteiger partial charge in [-0.25, -0.2) is 0 Å². The Kier molecular flexibility index (Phi) is 10.3. The van der Waals surface area contributed by atoms with Gasteiger partial charge < -0.3 is 9.47 Å². The van der Waals surface area contributed by atoms with Crippen LogP contribution in [0.2, 0.25) is 0 Å². The molecule has 0 saturated carbocycles. The molecule has 0 bridgehead atoms. The second-order valence-corrected chi connectivity index (χ2v) is 4.13. The molecule has 2 nitrogen and oxygen atoms in total. The van der Waals surface area contributed by atoms with Crippen LogP contribution in [0.1, 0.15) is 34.1 Å². The van der Waals surface area contributed by atoms with E-state index in [1.54, 1.807) is 0 Å². The zero-order chi connectivity index (χ0) is 9.61. The molecule has 0 fully saturated rings. The molecular formula is C9H20Br2O2. The molecule has 0 aromatic carbocycles. The third kappa shape index (κ3) is 9.19. The van der Waals surface area contributed by atoms with E-state index >= 15 is 0 Å². The Hall–Kier alpha value is 0.880. The quantitative estimate of drug-likeness (QED) is 0.551. The molecule has 0 saturated heterocycles. The van der Waals surface area contributed by atoms with Gasteiger partial charge >= 0.3 is 0 Å². The molecule has 0 amide bonds.